The summed E-state index contributed by atoms with van der Waals surface area (Å²) in [6, 6.07) is 48.1. The third-order valence-electron chi connectivity index (χ3n) is 8.30. The number of nitrogens with zero attached hydrogens (tertiary/aromatic N) is 3. The van der Waals surface area contributed by atoms with E-state index >= 15 is 0 Å². The van der Waals surface area contributed by atoms with Gasteiger partial charge in [0.2, 0.25) is 0 Å². The minimum Gasteiger partial charge on any atom is -0.455 e. The molecule has 0 saturated heterocycles. The van der Waals surface area contributed by atoms with Crippen LogP contribution in [0, 0.1) is 0 Å². The van der Waals surface area contributed by atoms with Gasteiger partial charge in [0.25, 0.3) is 0 Å². The van der Waals surface area contributed by atoms with Gasteiger partial charge in [-0.2, -0.15) is 0 Å². The molecule has 0 aliphatic heterocycles. The number of furan rings is 1. The lowest BCUT2D eigenvalue weighted by Crippen LogP contribution is -2.01. The lowest BCUT2D eigenvalue weighted by atomic mass is 10.00. The van der Waals surface area contributed by atoms with Gasteiger partial charge in [0.1, 0.15) is 11.2 Å². The first-order valence-electron chi connectivity index (χ1n) is 14.4. The van der Waals surface area contributed by atoms with E-state index in [0.717, 1.165) is 65.6 Å². The number of hydrogen-bond acceptors (Lipinski definition) is 4. The molecule has 2 heterocycles. The van der Waals surface area contributed by atoms with E-state index in [0.29, 0.717) is 17.5 Å². The highest BCUT2D eigenvalue weighted by atomic mass is 16.3. The average Bonchev–Trinajstić information content (AvgIpc) is 3.46. The fourth-order valence-electron chi connectivity index (χ4n) is 6.23. The molecule has 7 aromatic carbocycles. The molecular weight excluding hydrogens is 526 g/mol. The number of para-hydroxylation sites is 1. The molecule has 9 rings (SSSR count). The number of benzene rings is 7. The van der Waals surface area contributed by atoms with E-state index in [9.17, 15) is 0 Å². The molecule has 0 aliphatic rings. The Morgan fingerprint density at radius 3 is 1.91 bits per heavy atom. The van der Waals surface area contributed by atoms with Gasteiger partial charge in [-0.15, -0.1) is 0 Å². The minimum absolute atomic E-state index is 0.611. The maximum atomic E-state index is 6.49. The molecule has 0 unspecified atom stereocenters. The SMILES string of the molecule is c1ccc2cc(-c3nc(-c4cccc5ccccc45)nc(-c4cccc5ccc6c7ccccc7oc6c45)n3)ccc2c1. The van der Waals surface area contributed by atoms with Crippen LogP contribution < -0.4 is 0 Å². The van der Waals surface area contributed by atoms with Crippen LogP contribution >= 0.6 is 0 Å². The monoisotopic (exact) mass is 549 g/mol. The second kappa shape index (κ2) is 9.33. The zero-order valence-electron chi connectivity index (χ0n) is 23.0. The van der Waals surface area contributed by atoms with Crippen LogP contribution in [0.5, 0.6) is 0 Å². The van der Waals surface area contributed by atoms with Crippen molar-refractivity contribution in [2.75, 3.05) is 0 Å². The van der Waals surface area contributed by atoms with Gasteiger partial charge in [0, 0.05) is 32.8 Å². The molecule has 2 aromatic heterocycles. The predicted molar refractivity (Wildman–Crippen MR) is 176 cm³/mol. The third-order valence-corrected chi connectivity index (χ3v) is 8.30. The Bertz CT molecular complexity index is 2520. The van der Waals surface area contributed by atoms with E-state index in [4.69, 9.17) is 19.4 Å². The van der Waals surface area contributed by atoms with Crippen molar-refractivity contribution in [3.8, 4) is 34.2 Å². The van der Waals surface area contributed by atoms with Gasteiger partial charge in [0.15, 0.2) is 17.5 Å². The van der Waals surface area contributed by atoms with Crippen molar-refractivity contribution in [2.24, 2.45) is 0 Å². The molecule has 0 aliphatic carbocycles. The Morgan fingerprint density at radius 1 is 0.395 bits per heavy atom. The molecule has 4 nitrogen and oxygen atoms in total. The largest absolute Gasteiger partial charge is 0.455 e. The average molecular weight is 550 g/mol. The van der Waals surface area contributed by atoms with Crippen molar-refractivity contribution < 1.29 is 4.42 Å². The molecule has 4 heteroatoms. The summed E-state index contributed by atoms with van der Waals surface area (Å²) >= 11 is 0. The summed E-state index contributed by atoms with van der Waals surface area (Å²) in [6.07, 6.45) is 0. The van der Waals surface area contributed by atoms with Gasteiger partial charge in [-0.05, 0) is 45.1 Å². The van der Waals surface area contributed by atoms with Crippen LogP contribution in [0.2, 0.25) is 0 Å². The van der Waals surface area contributed by atoms with E-state index in [1.807, 2.05) is 18.2 Å². The van der Waals surface area contributed by atoms with Crippen LogP contribution in [0.4, 0.5) is 0 Å². The van der Waals surface area contributed by atoms with E-state index in [2.05, 4.69) is 121 Å². The highest BCUT2D eigenvalue weighted by Crippen LogP contribution is 2.39. The highest BCUT2D eigenvalue weighted by Gasteiger charge is 2.19. The molecule has 0 radical (unpaired) electrons. The molecule has 0 spiro atoms. The summed E-state index contributed by atoms with van der Waals surface area (Å²) in [5.74, 6) is 1.88. The molecule has 0 fully saturated rings. The molecular formula is C39H23N3O. The van der Waals surface area contributed by atoms with Gasteiger partial charge in [-0.3, -0.25) is 0 Å². The second-order valence-electron chi connectivity index (χ2n) is 10.8. The standard InChI is InChI=1S/C39H23N3O/c1-2-11-27-23-28(20-19-24(27)9-1)37-40-38(32-16-7-12-25-10-3-4-14-29(25)32)42-39(41-37)33-17-8-13-26-21-22-31-30-15-5-6-18-34(30)43-36(31)35(26)33/h1-23H. The fourth-order valence-corrected chi connectivity index (χ4v) is 6.23. The number of fused-ring (bicyclic) bond motifs is 7. The lowest BCUT2D eigenvalue weighted by Gasteiger charge is -2.12. The topological polar surface area (TPSA) is 51.8 Å². The molecule has 0 N–H and O–H groups in total. The van der Waals surface area contributed by atoms with Crippen LogP contribution in [0.1, 0.15) is 0 Å². The van der Waals surface area contributed by atoms with E-state index < -0.39 is 0 Å². The lowest BCUT2D eigenvalue weighted by molar-refractivity contribution is 0.672. The van der Waals surface area contributed by atoms with Gasteiger partial charge in [-0.25, -0.2) is 15.0 Å². The van der Waals surface area contributed by atoms with E-state index in [1.165, 1.54) is 5.39 Å². The number of hydrogen-bond donors (Lipinski definition) is 0. The van der Waals surface area contributed by atoms with E-state index in [1.54, 1.807) is 0 Å². The summed E-state index contributed by atoms with van der Waals surface area (Å²) in [5, 5.41) is 8.80. The highest BCUT2D eigenvalue weighted by molar-refractivity contribution is 6.18. The quantitative estimate of drug-likeness (QED) is 0.220. The Kier molecular flexibility index (Phi) is 5.16. The summed E-state index contributed by atoms with van der Waals surface area (Å²) in [4.78, 5) is 15.4. The van der Waals surface area contributed by atoms with Crippen molar-refractivity contribution in [3.05, 3.63) is 140 Å². The first kappa shape index (κ1) is 23.8. The van der Waals surface area contributed by atoms with Crippen LogP contribution in [-0.4, -0.2) is 15.0 Å². The van der Waals surface area contributed by atoms with Crippen LogP contribution in [0.15, 0.2) is 144 Å². The molecule has 9 aromatic rings. The van der Waals surface area contributed by atoms with Crippen molar-refractivity contribution in [1.29, 1.82) is 0 Å². The summed E-state index contributed by atoms with van der Waals surface area (Å²) in [7, 11) is 0. The smallest absolute Gasteiger partial charge is 0.164 e. The minimum atomic E-state index is 0.611. The second-order valence-corrected chi connectivity index (χ2v) is 10.8. The zero-order chi connectivity index (χ0) is 28.3. The normalized spacial score (nSPS) is 11.7. The van der Waals surface area contributed by atoms with Crippen molar-refractivity contribution in [3.63, 3.8) is 0 Å². The Hall–Kier alpha value is -5.87. The Balaban J connectivity index is 1.36. The predicted octanol–water partition coefficient (Wildman–Crippen LogP) is 10.2. The maximum absolute atomic E-state index is 6.49. The molecule has 200 valence electrons. The fraction of sp³-hybridized carbons (Fsp3) is 0. The van der Waals surface area contributed by atoms with Crippen LogP contribution in [0.3, 0.4) is 0 Å². The van der Waals surface area contributed by atoms with Crippen LogP contribution in [-0.2, 0) is 0 Å². The molecule has 0 bridgehead atoms. The van der Waals surface area contributed by atoms with E-state index in [-0.39, 0.29) is 0 Å². The van der Waals surface area contributed by atoms with Gasteiger partial charge >= 0.3 is 0 Å². The summed E-state index contributed by atoms with van der Waals surface area (Å²) < 4.78 is 6.49. The van der Waals surface area contributed by atoms with Crippen molar-refractivity contribution in [2.45, 2.75) is 0 Å². The summed E-state index contributed by atoms with van der Waals surface area (Å²) in [5.41, 5.74) is 4.53. The molecule has 0 saturated carbocycles. The third kappa shape index (κ3) is 3.81. The Morgan fingerprint density at radius 2 is 1.02 bits per heavy atom. The summed E-state index contributed by atoms with van der Waals surface area (Å²) in [6.45, 7) is 0. The first-order chi connectivity index (χ1) is 21.3. The van der Waals surface area contributed by atoms with Gasteiger partial charge in [0.05, 0.1) is 0 Å². The van der Waals surface area contributed by atoms with Gasteiger partial charge in [-0.1, -0.05) is 121 Å². The molecule has 43 heavy (non-hydrogen) atoms. The molecule has 0 atom stereocenters. The zero-order valence-corrected chi connectivity index (χ0v) is 23.0. The first-order valence-corrected chi connectivity index (χ1v) is 14.4. The number of rotatable bonds is 3. The molecule has 0 amide bonds. The number of aromatic nitrogens is 3. The van der Waals surface area contributed by atoms with Crippen molar-refractivity contribution in [1.82, 2.24) is 15.0 Å². The van der Waals surface area contributed by atoms with Crippen LogP contribution in [0.25, 0.3) is 88.4 Å². The van der Waals surface area contributed by atoms with Crippen molar-refractivity contribution >= 4 is 54.3 Å². The van der Waals surface area contributed by atoms with Gasteiger partial charge < -0.3 is 4.42 Å². The maximum Gasteiger partial charge on any atom is 0.164 e. The Labute approximate surface area is 246 Å².